The van der Waals surface area contributed by atoms with Crippen LogP contribution in [0.4, 0.5) is 33.3 Å². The number of sulfonamides is 1. The molecule has 2 aromatic carbocycles. The predicted octanol–water partition coefficient (Wildman–Crippen LogP) is 3.78. The smallest absolute Gasteiger partial charge is 0.324 e. The Bertz CT molecular complexity index is 975. The molecule has 0 heterocycles. The molecular formula is C17H15F5N2O3S. The van der Waals surface area contributed by atoms with Gasteiger partial charge in [-0.25, -0.2) is 17.2 Å². The Morgan fingerprint density at radius 3 is 2.07 bits per heavy atom. The summed E-state index contributed by atoms with van der Waals surface area (Å²) >= 11 is 0. The molecule has 5 nitrogen and oxygen atoms in total. The van der Waals surface area contributed by atoms with Gasteiger partial charge in [0.2, 0.25) is 15.9 Å². The van der Waals surface area contributed by atoms with E-state index < -0.39 is 45.3 Å². The molecule has 2 aromatic rings. The lowest BCUT2D eigenvalue weighted by Gasteiger charge is -2.28. The van der Waals surface area contributed by atoms with Crippen LogP contribution in [0, 0.1) is 11.6 Å². The van der Waals surface area contributed by atoms with Crippen molar-refractivity contribution in [1.29, 1.82) is 0 Å². The number of halogens is 5. The van der Waals surface area contributed by atoms with Gasteiger partial charge in [0.1, 0.15) is 6.04 Å². The molecule has 11 heteroatoms. The van der Waals surface area contributed by atoms with Crippen LogP contribution in [0.1, 0.15) is 12.5 Å². The van der Waals surface area contributed by atoms with Crippen LogP contribution in [-0.4, -0.2) is 26.6 Å². The first-order chi connectivity index (χ1) is 12.8. The second kappa shape index (κ2) is 7.74. The second-order valence-electron chi connectivity index (χ2n) is 5.90. The number of alkyl halides is 3. The summed E-state index contributed by atoms with van der Waals surface area (Å²) in [6, 6.07) is 4.45. The Balaban J connectivity index is 2.28. The number of carbonyl (C=O) groups is 1. The number of hydrogen-bond acceptors (Lipinski definition) is 3. The van der Waals surface area contributed by atoms with Crippen molar-refractivity contribution in [3.63, 3.8) is 0 Å². The van der Waals surface area contributed by atoms with Gasteiger partial charge in [-0.2, -0.15) is 13.2 Å². The van der Waals surface area contributed by atoms with Crippen LogP contribution in [0.25, 0.3) is 0 Å². The Labute approximate surface area is 157 Å². The number of amides is 1. The van der Waals surface area contributed by atoms with E-state index in [2.05, 4.69) is 5.32 Å². The highest BCUT2D eigenvalue weighted by Crippen LogP contribution is 2.30. The Morgan fingerprint density at radius 2 is 1.61 bits per heavy atom. The van der Waals surface area contributed by atoms with Gasteiger partial charge in [0, 0.05) is 11.8 Å². The minimum absolute atomic E-state index is 0.00332. The van der Waals surface area contributed by atoms with Crippen LogP contribution in [0.2, 0.25) is 0 Å². The van der Waals surface area contributed by atoms with Crippen LogP contribution < -0.4 is 9.62 Å². The van der Waals surface area contributed by atoms with E-state index in [1.807, 2.05) is 0 Å². The van der Waals surface area contributed by atoms with Gasteiger partial charge in [0.05, 0.1) is 17.5 Å². The van der Waals surface area contributed by atoms with E-state index in [9.17, 15) is 35.2 Å². The number of nitrogens with one attached hydrogen (secondary N) is 1. The van der Waals surface area contributed by atoms with E-state index in [0.717, 1.165) is 36.6 Å². The van der Waals surface area contributed by atoms with Gasteiger partial charge in [0.15, 0.2) is 11.6 Å². The number of rotatable bonds is 5. The maximum atomic E-state index is 13.5. The van der Waals surface area contributed by atoms with Gasteiger partial charge in [-0.15, -0.1) is 0 Å². The van der Waals surface area contributed by atoms with Crippen molar-refractivity contribution in [3.05, 3.63) is 59.7 Å². The Kier molecular flexibility index (Phi) is 5.97. The van der Waals surface area contributed by atoms with Crippen molar-refractivity contribution in [3.8, 4) is 0 Å². The van der Waals surface area contributed by atoms with Crippen molar-refractivity contribution in [2.24, 2.45) is 0 Å². The van der Waals surface area contributed by atoms with Crippen molar-refractivity contribution < 1.29 is 35.2 Å². The van der Waals surface area contributed by atoms with Crippen molar-refractivity contribution in [2.75, 3.05) is 15.9 Å². The van der Waals surface area contributed by atoms with E-state index in [-0.39, 0.29) is 11.4 Å². The molecule has 28 heavy (non-hydrogen) atoms. The molecule has 0 aliphatic heterocycles. The topological polar surface area (TPSA) is 66.5 Å². The minimum atomic E-state index is -4.55. The second-order valence-corrected chi connectivity index (χ2v) is 7.76. The lowest BCUT2D eigenvalue weighted by Crippen LogP contribution is -2.45. The van der Waals surface area contributed by atoms with E-state index in [1.54, 1.807) is 0 Å². The molecule has 0 aliphatic rings. The summed E-state index contributed by atoms with van der Waals surface area (Å²) in [7, 11) is -4.08. The number of hydrogen-bond donors (Lipinski definition) is 1. The lowest BCUT2D eigenvalue weighted by molar-refractivity contribution is -0.137. The summed E-state index contributed by atoms with van der Waals surface area (Å²) in [5.41, 5.74) is -1.20. The zero-order valence-electron chi connectivity index (χ0n) is 14.6. The fraction of sp³-hybridized carbons (Fsp3) is 0.235. The number of benzene rings is 2. The molecule has 1 N–H and O–H groups in total. The molecule has 0 fully saturated rings. The highest BCUT2D eigenvalue weighted by atomic mass is 32.2. The normalized spacial score (nSPS) is 13.1. The molecule has 2 rings (SSSR count). The molecule has 0 spiro atoms. The van der Waals surface area contributed by atoms with Crippen LogP contribution in [0.15, 0.2) is 42.5 Å². The van der Waals surface area contributed by atoms with Gasteiger partial charge in [-0.1, -0.05) is 0 Å². The maximum Gasteiger partial charge on any atom is 0.416 e. The van der Waals surface area contributed by atoms with Crippen LogP contribution in [-0.2, 0) is 21.0 Å². The third-order valence-corrected chi connectivity index (χ3v) is 4.97. The monoisotopic (exact) mass is 422 g/mol. The standard InChI is InChI=1S/C17H15F5N2O3S/c1-10(16(25)23-12-5-3-11(4-6-12)17(20,21)22)24(28(2,26)27)13-7-8-14(18)15(19)9-13/h3-10H,1-2H3,(H,23,25). The number of nitrogens with zero attached hydrogens (tertiary/aromatic N) is 1. The third-order valence-electron chi connectivity index (χ3n) is 3.73. The number of carbonyl (C=O) groups excluding carboxylic acids is 1. The van der Waals surface area contributed by atoms with Crippen molar-refractivity contribution in [2.45, 2.75) is 19.1 Å². The van der Waals surface area contributed by atoms with E-state index in [1.165, 1.54) is 6.92 Å². The molecule has 0 aromatic heterocycles. The molecule has 0 bridgehead atoms. The minimum Gasteiger partial charge on any atom is -0.324 e. The summed E-state index contributed by atoms with van der Waals surface area (Å²) < 4.78 is 89.1. The summed E-state index contributed by atoms with van der Waals surface area (Å²) in [5.74, 6) is -3.38. The van der Waals surface area contributed by atoms with Gasteiger partial charge in [-0.05, 0) is 43.3 Å². The van der Waals surface area contributed by atoms with E-state index in [0.29, 0.717) is 16.4 Å². The average molecular weight is 422 g/mol. The Hall–Kier alpha value is -2.69. The molecular weight excluding hydrogens is 407 g/mol. The molecule has 1 atom stereocenters. The SMILES string of the molecule is CC(C(=O)Nc1ccc(C(F)(F)F)cc1)N(c1ccc(F)c(F)c1)S(C)(=O)=O. The molecule has 0 aliphatic carbocycles. The number of anilines is 2. The van der Waals surface area contributed by atoms with E-state index in [4.69, 9.17) is 0 Å². The van der Waals surface area contributed by atoms with E-state index >= 15 is 0 Å². The van der Waals surface area contributed by atoms with Crippen LogP contribution in [0.3, 0.4) is 0 Å². The first kappa shape index (κ1) is 21.6. The third kappa shape index (κ3) is 4.97. The quantitative estimate of drug-likeness (QED) is 0.746. The van der Waals surface area contributed by atoms with Gasteiger partial charge in [0.25, 0.3) is 0 Å². The summed E-state index contributed by atoms with van der Waals surface area (Å²) in [6.07, 6.45) is -3.77. The zero-order chi connectivity index (χ0) is 21.3. The highest BCUT2D eigenvalue weighted by Gasteiger charge is 2.31. The molecule has 152 valence electrons. The fourth-order valence-corrected chi connectivity index (χ4v) is 3.59. The summed E-state index contributed by atoms with van der Waals surface area (Å²) in [4.78, 5) is 12.4. The molecule has 0 saturated heterocycles. The molecule has 0 saturated carbocycles. The largest absolute Gasteiger partial charge is 0.416 e. The van der Waals surface area contributed by atoms with Gasteiger partial charge in [-0.3, -0.25) is 9.10 Å². The lowest BCUT2D eigenvalue weighted by atomic mass is 10.2. The average Bonchev–Trinajstić information content (AvgIpc) is 2.56. The van der Waals surface area contributed by atoms with Crippen molar-refractivity contribution >= 4 is 27.3 Å². The van der Waals surface area contributed by atoms with Crippen molar-refractivity contribution in [1.82, 2.24) is 0 Å². The summed E-state index contributed by atoms with van der Waals surface area (Å²) in [5, 5.41) is 2.29. The first-order valence-electron chi connectivity index (χ1n) is 7.73. The maximum absolute atomic E-state index is 13.5. The zero-order valence-corrected chi connectivity index (χ0v) is 15.4. The highest BCUT2D eigenvalue weighted by molar-refractivity contribution is 7.92. The van der Waals surface area contributed by atoms with Gasteiger partial charge < -0.3 is 5.32 Å². The molecule has 0 radical (unpaired) electrons. The molecule has 1 unspecified atom stereocenters. The first-order valence-corrected chi connectivity index (χ1v) is 9.58. The van der Waals surface area contributed by atoms with Crippen LogP contribution in [0.5, 0.6) is 0 Å². The predicted molar refractivity (Wildman–Crippen MR) is 93.2 cm³/mol. The summed E-state index contributed by atoms with van der Waals surface area (Å²) in [6.45, 7) is 1.20. The fourth-order valence-electron chi connectivity index (χ4n) is 2.42. The van der Waals surface area contributed by atoms with Crippen LogP contribution >= 0.6 is 0 Å². The van der Waals surface area contributed by atoms with Gasteiger partial charge >= 0.3 is 6.18 Å². The Morgan fingerprint density at radius 1 is 1.04 bits per heavy atom. The molecule has 1 amide bonds.